The van der Waals surface area contributed by atoms with E-state index in [0.717, 1.165) is 19.3 Å². The van der Waals surface area contributed by atoms with E-state index in [1.807, 2.05) is 13.8 Å². The highest BCUT2D eigenvalue weighted by molar-refractivity contribution is 5.90. The second-order valence-electron chi connectivity index (χ2n) is 8.90. The van der Waals surface area contributed by atoms with Crippen LogP contribution in [0.15, 0.2) is 24.3 Å². The highest BCUT2D eigenvalue weighted by Gasteiger charge is 2.39. The number of benzene rings is 1. The molecule has 3 N–H and O–H groups in total. The van der Waals surface area contributed by atoms with Gasteiger partial charge in [0.25, 0.3) is 0 Å². The molecule has 0 radical (unpaired) electrons. The van der Waals surface area contributed by atoms with Crippen molar-refractivity contribution in [1.82, 2.24) is 15.5 Å². The Morgan fingerprint density at radius 3 is 2.23 bits per heavy atom. The van der Waals surface area contributed by atoms with Crippen molar-refractivity contribution < 1.29 is 24.2 Å². The zero-order chi connectivity index (χ0) is 22.5. The molecule has 1 aliphatic carbocycles. The molecule has 0 saturated heterocycles. The van der Waals surface area contributed by atoms with Gasteiger partial charge in [0.2, 0.25) is 11.8 Å². The highest BCUT2D eigenvalue weighted by Crippen LogP contribution is 2.33. The molecule has 0 bridgehead atoms. The number of nitrogens with one attached hydrogen (secondary N) is 2. The van der Waals surface area contributed by atoms with Gasteiger partial charge in [0.1, 0.15) is 23.9 Å². The monoisotopic (exact) mass is 419 g/mol. The van der Waals surface area contributed by atoms with Crippen molar-refractivity contribution in [2.75, 3.05) is 6.54 Å². The number of phenols is 1. The van der Waals surface area contributed by atoms with Crippen LogP contribution >= 0.6 is 0 Å². The number of hydrogen-bond donors (Lipinski definition) is 3. The molecule has 1 fully saturated rings. The average Bonchev–Trinajstić information content (AvgIpc) is 2.57. The van der Waals surface area contributed by atoms with Gasteiger partial charge in [-0.1, -0.05) is 12.1 Å². The molecule has 0 heterocycles. The molecular formula is C22H33N3O5. The number of phenolic OH excluding ortho intramolecular Hbond substituents is 1. The zero-order valence-corrected chi connectivity index (χ0v) is 18.4. The van der Waals surface area contributed by atoms with Gasteiger partial charge in [0.05, 0.1) is 0 Å². The lowest BCUT2D eigenvalue weighted by molar-refractivity contribution is -0.145. The molecule has 0 aliphatic heterocycles. The van der Waals surface area contributed by atoms with Gasteiger partial charge in [0.15, 0.2) is 0 Å². The molecule has 8 heteroatoms. The molecule has 1 atom stereocenters. The Kier molecular flexibility index (Phi) is 7.70. The van der Waals surface area contributed by atoms with Gasteiger partial charge < -0.3 is 25.4 Å². The third-order valence-electron chi connectivity index (χ3n) is 4.71. The summed E-state index contributed by atoms with van der Waals surface area (Å²) >= 11 is 0. The Hall–Kier alpha value is -2.77. The van der Waals surface area contributed by atoms with Crippen LogP contribution in [0, 0.1) is 0 Å². The summed E-state index contributed by atoms with van der Waals surface area (Å²) in [5.74, 6) is -0.578. The van der Waals surface area contributed by atoms with Gasteiger partial charge in [-0.05, 0) is 71.6 Å². The second kappa shape index (κ2) is 9.82. The number of carbonyl (C=O) groups excluding carboxylic acids is 3. The first-order valence-electron chi connectivity index (χ1n) is 10.3. The van der Waals surface area contributed by atoms with E-state index in [1.54, 1.807) is 37.8 Å². The van der Waals surface area contributed by atoms with Crippen molar-refractivity contribution in [3.63, 3.8) is 0 Å². The number of carbonyl (C=O) groups is 3. The van der Waals surface area contributed by atoms with Crippen molar-refractivity contribution in [3.05, 3.63) is 29.8 Å². The van der Waals surface area contributed by atoms with Crippen LogP contribution in [0.1, 0.15) is 65.5 Å². The maximum absolute atomic E-state index is 13.1. The van der Waals surface area contributed by atoms with Gasteiger partial charge in [-0.3, -0.25) is 9.59 Å². The van der Waals surface area contributed by atoms with Gasteiger partial charge in [-0.15, -0.1) is 0 Å². The minimum atomic E-state index is -0.855. The number of ether oxygens (including phenoxy) is 1. The predicted molar refractivity (Wildman–Crippen MR) is 113 cm³/mol. The Morgan fingerprint density at radius 1 is 1.17 bits per heavy atom. The second-order valence-corrected chi connectivity index (χ2v) is 8.90. The van der Waals surface area contributed by atoms with Gasteiger partial charge in [0, 0.05) is 12.1 Å². The Morgan fingerprint density at radius 2 is 1.77 bits per heavy atom. The van der Waals surface area contributed by atoms with E-state index in [1.165, 1.54) is 12.1 Å². The minimum absolute atomic E-state index is 0.0786. The number of amides is 3. The van der Waals surface area contributed by atoms with E-state index < -0.39 is 17.7 Å². The smallest absolute Gasteiger partial charge is 0.408 e. The Bertz CT molecular complexity index is 751. The summed E-state index contributed by atoms with van der Waals surface area (Å²) in [5.41, 5.74) is -0.0737. The van der Waals surface area contributed by atoms with E-state index in [4.69, 9.17) is 4.74 Å². The number of nitrogens with zero attached hydrogens (tertiary/aromatic N) is 1. The first-order valence-corrected chi connectivity index (χ1v) is 10.3. The van der Waals surface area contributed by atoms with E-state index in [0.29, 0.717) is 5.56 Å². The van der Waals surface area contributed by atoms with Gasteiger partial charge in [-0.2, -0.15) is 0 Å². The third kappa shape index (κ3) is 6.64. The molecule has 1 unspecified atom stereocenters. The topological polar surface area (TPSA) is 108 Å². The largest absolute Gasteiger partial charge is 0.508 e. The fraction of sp³-hybridized carbons (Fsp3) is 0.591. The quantitative estimate of drug-likeness (QED) is 0.630. The number of rotatable bonds is 7. The summed E-state index contributed by atoms with van der Waals surface area (Å²) in [6.45, 7) is 8.66. The van der Waals surface area contributed by atoms with Crippen molar-refractivity contribution in [3.8, 4) is 5.75 Å². The molecule has 1 aliphatic rings. The maximum atomic E-state index is 13.1. The van der Waals surface area contributed by atoms with E-state index >= 15 is 0 Å². The molecule has 0 aromatic heterocycles. The molecule has 30 heavy (non-hydrogen) atoms. The molecular weight excluding hydrogens is 386 g/mol. The van der Waals surface area contributed by atoms with Crippen LogP contribution < -0.4 is 10.6 Å². The first-order chi connectivity index (χ1) is 14.0. The molecule has 166 valence electrons. The fourth-order valence-corrected chi connectivity index (χ4v) is 3.23. The van der Waals surface area contributed by atoms with Gasteiger partial charge >= 0.3 is 6.09 Å². The molecule has 1 aromatic rings. The summed E-state index contributed by atoms with van der Waals surface area (Å²) in [7, 11) is 0. The molecule has 1 saturated carbocycles. The average molecular weight is 420 g/mol. The lowest BCUT2D eigenvalue weighted by atomic mass is 9.88. The molecule has 8 nitrogen and oxygen atoms in total. The highest BCUT2D eigenvalue weighted by atomic mass is 16.6. The van der Waals surface area contributed by atoms with Crippen molar-refractivity contribution in [2.45, 2.75) is 77.6 Å². The Labute approximate surface area is 178 Å². The maximum Gasteiger partial charge on any atom is 0.408 e. The van der Waals surface area contributed by atoms with Crippen molar-refractivity contribution in [2.24, 2.45) is 0 Å². The number of hydrogen-bond acceptors (Lipinski definition) is 5. The lowest BCUT2D eigenvalue weighted by Gasteiger charge is -2.42. The molecule has 3 amide bonds. The summed E-state index contributed by atoms with van der Waals surface area (Å²) in [6, 6.07) is 5.22. The molecule has 1 aromatic carbocycles. The third-order valence-corrected chi connectivity index (χ3v) is 4.71. The van der Waals surface area contributed by atoms with Crippen LogP contribution in [0.4, 0.5) is 4.79 Å². The van der Waals surface area contributed by atoms with Crippen LogP contribution in [-0.2, 0) is 14.3 Å². The molecule has 0 spiro atoms. The van der Waals surface area contributed by atoms with E-state index in [9.17, 15) is 19.5 Å². The summed E-state index contributed by atoms with van der Waals surface area (Å²) < 4.78 is 5.20. The standard InChI is InChI=1S/C22H33N3O5/c1-14(2)24-20(28)19(15-9-11-17(26)12-10-15)25(16-7-6-8-16)18(27)13-23-21(29)30-22(3,4)5/h9-12,14,16,19,26H,6-8,13H2,1-5H3,(H,23,29)(H,24,28). The van der Waals surface area contributed by atoms with Crippen LogP contribution in [0.25, 0.3) is 0 Å². The summed E-state index contributed by atoms with van der Waals surface area (Å²) in [6.07, 6.45) is 1.88. The SMILES string of the molecule is CC(C)NC(=O)C(c1ccc(O)cc1)N(C(=O)CNC(=O)OC(C)(C)C)C1CCC1. The number of aromatic hydroxyl groups is 1. The van der Waals surface area contributed by atoms with Gasteiger partial charge in [-0.25, -0.2) is 4.79 Å². The summed E-state index contributed by atoms with van der Waals surface area (Å²) in [4.78, 5) is 39.8. The van der Waals surface area contributed by atoms with Crippen molar-refractivity contribution >= 4 is 17.9 Å². The summed E-state index contributed by atoms with van der Waals surface area (Å²) in [5, 5.41) is 15.0. The van der Waals surface area contributed by atoms with E-state index in [-0.39, 0.29) is 36.2 Å². The van der Waals surface area contributed by atoms with Crippen LogP contribution in [0.2, 0.25) is 0 Å². The van der Waals surface area contributed by atoms with Crippen LogP contribution in [0.3, 0.4) is 0 Å². The van der Waals surface area contributed by atoms with Crippen LogP contribution in [-0.4, -0.2) is 52.1 Å². The fourth-order valence-electron chi connectivity index (χ4n) is 3.23. The number of alkyl carbamates (subject to hydrolysis) is 1. The van der Waals surface area contributed by atoms with E-state index in [2.05, 4.69) is 10.6 Å². The normalized spacial score (nSPS) is 15.1. The lowest BCUT2D eigenvalue weighted by Crippen LogP contribution is -2.54. The van der Waals surface area contributed by atoms with Crippen molar-refractivity contribution in [1.29, 1.82) is 0 Å². The molecule has 2 rings (SSSR count). The predicted octanol–water partition coefficient (Wildman–Crippen LogP) is 2.86. The zero-order valence-electron chi connectivity index (χ0n) is 18.4. The van der Waals surface area contributed by atoms with Crippen LogP contribution in [0.5, 0.6) is 5.75 Å². The Balaban J connectivity index is 2.26. The first kappa shape index (κ1) is 23.5. The minimum Gasteiger partial charge on any atom is -0.508 e.